The first kappa shape index (κ1) is 14.4. The average Bonchev–Trinajstić information content (AvgIpc) is 2.82. The fourth-order valence-electron chi connectivity index (χ4n) is 1.65. The van der Waals surface area contributed by atoms with Crippen LogP contribution in [0.3, 0.4) is 0 Å². The van der Waals surface area contributed by atoms with Crippen LogP contribution in [0.2, 0.25) is 0 Å². The van der Waals surface area contributed by atoms with Crippen LogP contribution in [-0.4, -0.2) is 42.1 Å². The van der Waals surface area contributed by atoms with E-state index in [1.165, 1.54) is 6.92 Å². The van der Waals surface area contributed by atoms with Gasteiger partial charge in [-0.1, -0.05) is 6.92 Å². The number of esters is 2. The summed E-state index contributed by atoms with van der Waals surface area (Å²) in [5, 5.41) is 11.6. The molecule has 7 heteroatoms. The third-order valence-corrected chi connectivity index (χ3v) is 4.08. The van der Waals surface area contributed by atoms with Crippen LogP contribution in [-0.2, 0) is 18.9 Å². The number of carbonyl (C=O) groups is 2. The fraction of sp³-hybridized carbons (Fsp3) is 0.800. The summed E-state index contributed by atoms with van der Waals surface area (Å²) in [6.45, 7) is 2.29. The topological polar surface area (TPSA) is 92.7 Å². The summed E-state index contributed by atoms with van der Waals surface area (Å²) in [6, 6.07) is -0.402. The monoisotopic (exact) mass is 263 g/mol. The highest BCUT2D eigenvalue weighted by Gasteiger charge is 2.27. The van der Waals surface area contributed by atoms with Crippen LogP contribution in [0, 0.1) is 5.92 Å². The molecule has 0 saturated carbocycles. The van der Waals surface area contributed by atoms with Crippen molar-refractivity contribution in [3.63, 3.8) is 0 Å². The van der Waals surface area contributed by atoms with E-state index >= 15 is 0 Å². The van der Waals surface area contributed by atoms with E-state index in [4.69, 9.17) is 9.84 Å². The number of aliphatic hydroxyl groups is 1. The molecule has 2 unspecified atom stereocenters. The number of aliphatic hydroxyl groups excluding tert-OH is 1. The summed E-state index contributed by atoms with van der Waals surface area (Å²) in [4.78, 5) is 23.0. The van der Waals surface area contributed by atoms with Crippen LogP contribution in [0.15, 0.2) is 0 Å². The third kappa shape index (κ3) is 4.58. The maximum Gasteiger partial charge on any atom is 0.330 e. The molecule has 0 spiro atoms. The van der Waals surface area contributed by atoms with Crippen molar-refractivity contribution in [2.24, 2.45) is 5.92 Å². The molecule has 6 nitrogen and oxygen atoms in total. The van der Waals surface area contributed by atoms with Crippen molar-refractivity contribution >= 4 is 19.7 Å². The molecule has 0 aromatic carbocycles. The summed E-state index contributed by atoms with van der Waals surface area (Å²) in [5.41, 5.74) is 0. The van der Waals surface area contributed by atoms with E-state index in [-0.39, 0.29) is 6.16 Å². The summed E-state index contributed by atoms with van der Waals surface area (Å²) in [7, 11) is -2.15. The van der Waals surface area contributed by atoms with Crippen molar-refractivity contribution in [2.75, 3.05) is 19.1 Å². The van der Waals surface area contributed by atoms with Gasteiger partial charge in [0.2, 0.25) is 0 Å². The zero-order valence-corrected chi connectivity index (χ0v) is 10.8. The van der Waals surface area contributed by atoms with Crippen molar-refractivity contribution in [3.05, 3.63) is 0 Å². The fourth-order valence-corrected chi connectivity index (χ4v) is 2.62. The first-order chi connectivity index (χ1) is 8.04. The minimum atomic E-state index is -2.15. The Labute approximate surface area is 101 Å². The van der Waals surface area contributed by atoms with Crippen molar-refractivity contribution in [2.45, 2.75) is 25.8 Å². The van der Waals surface area contributed by atoms with Gasteiger partial charge in [0, 0.05) is 6.16 Å². The molecular weight excluding hydrogens is 245 g/mol. The van der Waals surface area contributed by atoms with Crippen LogP contribution in [0.1, 0.15) is 19.8 Å². The molecule has 1 aliphatic heterocycles. The smallest absolute Gasteiger partial charge is 0.330 e. The van der Waals surface area contributed by atoms with Gasteiger partial charge in [0.1, 0.15) is 13.8 Å². The van der Waals surface area contributed by atoms with Gasteiger partial charge in [-0.15, -0.1) is 0 Å². The van der Waals surface area contributed by atoms with Gasteiger partial charge in [-0.2, -0.15) is 0 Å². The van der Waals surface area contributed by atoms with Gasteiger partial charge in [0.05, 0.1) is 12.3 Å². The number of hydrogen-bond donors (Lipinski definition) is 2. The highest BCUT2D eigenvalue weighted by atomic mass is 31.1. The Morgan fingerprint density at radius 3 is 2.82 bits per heavy atom. The Balaban J connectivity index is 2.37. The van der Waals surface area contributed by atoms with Gasteiger partial charge in [-0.05, 0) is 19.4 Å². The van der Waals surface area contributed by atoms with Crippen LogP contribution >= 0.6 is 7.80 Å². The second-order valence-corrected chi connectivity index (χ2v) is 5.99. The maximum absolute atomic E-state index is 11.5. The van der Waals surface area contributed by atoms with Crippen LogP contribution in [0.5, 0.6) is 0 Å². The molecule has 0 radical (unpaired) electrons. The molecule has 98 valence electrons. The lowest BCUT2D eigenvalue weighted by molar-refractivity contribution is -0.163. The van der Waals surface area contributed by atoms with E-state index in [0.29, 0.717) is 6.42 Å². The van der Waals surface area contributed by atoms with Gasteiger partial charge in [0.15, 0.2) is 0 Å². The molecule has 0 aromatic rings. The van der Waals surface area contributed by atoms with E-state index in [1.54, 1.807) is 0 Å². The Bertz CT molecular complexity index is 314. The molecule has 1 aliphatic rings. The molecule has 0 aliphatic carbocycles. The molecule has 3 atom stereocenters. The van der Waals surface area contributed by atoms with E-state index in [2.05, 4.69) is 5.32 Å². The minimum Gasteiger partial charge on any atom is -0.392 e. The summed E-state index contributed by atoms with van der Waals surface area (Å²) in [6.07, 6.45) is 1.22. The van der Waals surface area contributed by atoms with Crippen LogP contribution in [0.25, 0.3) is 0 Å². The first-order valence-corrected chi connectivity index (χ1v) is 7.48. The molecule has 0 amide bonds. The van der Waals surface area contributed by atoms with Gasteiger partial charge in [0.25, 0.3) is 0 Å². The highest BCUT2D eigenvalue weighted by molar-refractivity contribution is 7.44. The SMILES string of the molecule is CC(C[PH](=O)CO)C(=O)OC(=O)[C@@H]1CCCN1. The van der Waals surface area contributed by atoms with Gasteiger partial charge < -0.3 is 19.7 Å². The zero-order valence-electron chi connectivity index (χ0n) is 9.77. The summed E-state index contributed by atoms with van der Waals surface area (Å²) in [5.74, 6) is -1.86. The predicted octanol–water partition coefficient (Wildman–Crippen LogP) is -0.0462. The van der Waals surface area contributed by atoms with Crippen molar-refractivity contribution in [3.8, 4) is 0 Å². The van der Waals surface area contributed by atoms with Crippen molar-refractivity contribution in [1.29, 1.82) is 0 Å². The molecule has 1 heterocycles. The average molecular weight is 263 g/mol. The number of nitrogens with one attached hydrogen (secondary N) is 1. The third-order valence-electron chi connectivity index (χ3n) is 2.66. The lowest BCUT2D eigenvalue weighted by Gasteiger charge is -2.12. The lowest BCUT2D eigenvalue weighted by Crippen LogP contribution is -2.35. The standard InChI is InChI=1S/C10H18NO5P/c1-7(5-17(15)6-12)9(13)16-10(14)8-3-2-4-11-8/h7-8,11-12,17H,2-6H2,1H3/t7?,8-/m0/s1. The summed E-state index contributed by atoms with van der Waals surface area (Å²) >= 11 is 0. The Hall–Kier alpha value is -0.710. The second-order valence-electron chi connectivity index (χ2n) is 4.19. The number of rotatable bonds is 5. The number of carbonyl (C=O) groups excluding carboxylic acids is 2. The minimum absolute atomic E-state index is 0.0748. The van der Waals surface area contributed by atoms with Gasteiger partial charge >= 0.3 is 11.9 Å². The van der Waals surface area contributed by atoms with Gasteiger partial charge in [-0.3, -0.25) is 4.79 Å². The van der Waals surface area contributed by atoms with Crippen molar-refractivity contribution < 1.29 is 24.0 Å². The molecule has 1 fully saturated rings. The zero-order chi connectivity index (χ0) is 12.8. The molecule has 1 rings (SSSR count). The Morgan fingerprint density at radius 2 is 2.29 bits per heavy atom. The Morgan fingerprint density at radius 1 is 1.59 bits per heavy atom. The second kappa shape index (κ2) is 6.89. The first-order valence-electron chi connectivity index (χ1n) is 5.66. The van der Waals surface area contributed by atoms with E-state index in [1.807, 2.05) is 0 Å². The highest BCUT2D eigenvalue weighted by Crippen LogP contribution is 2.23. The lowest BCUT2D eigenvalue weighted by atomic mass is 10.2. The largest absolute Gasteiger partial charge is 0.392 e. The molecule has 0 bridgehead atoms. The van der Waals surface area contributed by atoms with Gasteiger partial charge in [-0.25, -0.2) is 4.79 Å². The molecular formula is C10H18NO5P. The van der Waals surface area contributed by atoms with Crippen LogP contribution < -0.4 is 5.32 Å². The summed E-state index contributed by atoms with van der Waals surface area (Å²) < 4.78 is 15.8. The maximum atomic E-state index is 11.5. The number of hydrogen-bond acceptors (Lipinski definition) is 6. The van der Waals surface area contributed by atoms with E-state index < -0.39 is 38.0 Å². The van der Waals surface area contributed by atoms with E-state index in [0.717, 1.165) is 13.0 Å². The van der Waals surface area contributed by atoms with Crippen molar-refractivity contribution in [1.82, 2.24) is 5.32 Å². The normalized spacial score (nSPS) is 23.1. The molecule has 1 saturated heterocycles. The van der Waals surface area contributed by atoms with Crippen LogP contribution in [0.4, 0.5) is 0 Å². The Kier molecular flexibility index (Phi) is 5.82. The van der Waals surface area contributed by atoms with E-state index in [9.17, 15) is 14.2 Å². The predicted molar refractivity (Wildman–Crippen MR) is 62.2 cm³/mol. The quantitative estimate of drug-likeness (QED) is 0.410. The molecule has 2 N–H and O–H groups in total. The number of ether oxygens (including phenoxy) is 1. The molecule has 0 aromatic heterocycles. The molecule has 17 heavy (non-hydrogen) atoms.